The van der Waals surface area contributed by atoms with Crippen molar-refractivity contribution in [3.05, 3.63) is 98.9 Å². The van der Waals surface area contributed by atoms with Crippen molar-refractivity contribution < 1.29 is 9.15 Å². The Morgan fingerprint density at radius 2 is 1.66 bits per heavy atom. The zero-order chi connectivity index (χ0) is 26.3. The maximum Gasteiger partial charge on any atom is 0.344 e. The first-order valence-corrected chi connectivity index (χ1v) is 14.3. The van der Waals surface area contributed by atoms with E-state index in [9.17, 15) is 4.79 Å². The van der Waals surface area contributed by atoms with E-state index >= 15 is 0 Å². The molecule has 0 aliphatic carbocycles. The van der Waals surface area contributed by atoms with Crippen LogP contribution in [0.4, 0.5) is 0 Å². The van der Waals surface area contributed by atoms with Crippen LogP contribution < -0.4 is 10.4 Å². The molecule has 1 aliphatic heterocycles. The highest BCUT2D eigenvalue weighted by atomic mass is 35.5. The minimum Gasteiger partial charge on any atom is -0.492 e. The van der Waals surface area contributed by atoms with Gasteiger partial charge in [0.05, 0.1) is 5.56 Å². The maximum atomic E-state index is 13.4. The number of fused-ring (bicyclic) bond motifs is 1. The van der Waals surface area contributed by atoms with Crippen molar-refractivity contribution in [2.45, 2.75) is 51.9 Å². The molecule has 5 rings (SSSR count). The van der Waals surface area contributed by atoms with Crippen molar-refractivity contribution in [3.63, 3.8) is 0 Å². The lowest BCUT2D eigenvalue weighted by atomic mass is 9.92. The standard InChI is InChI=1S/C33H36ClNO3/c1-2-3-4-7-24-10-17-29-30(32(33(36)38-31(29)23-24)26-11-13-27(34)14-12-26)22-25-8-15-28(16-9-25)37-21-20-35-18-5-6-19-35/h8-17,23H,2-7,18-22H2,1H3. The van der Waals surface area contributed by atoms with Gasteiger partial charge in [0.2, 0.25) is 0 Å². The predicted molar refractivity (Wildman–Crippen MR) is 157 cm³/mol. The molecule has 198 valence electrons. The highest BCUT2D eigenvalue weighted by Crippen LogP contribution is 2.31. The summed E-state index contributed by atoms with van der Waals surface area (Å²) in [6.07, 6.45) is 7.69. The average molecular weight is 530 g/mol. The van der Waals surface area contributed by atoms with Crippen molar-refractivity contribution in [2.75, 3.05) is 26.2 Å². The molecule has 0 radical (unpaired) electrons. The first-order chi connectivity index (χ1) is 18.6. The zero-order valence-electron chi connectivity index (χ0n) is 22.2. The lowest BCUT2D eigenvalue weighted by Crippen LogP contribution is -2.25. The number of rotatable bonds is 11. The van der Waals surface area contributed by atoms with E-state index in [1.54, 1.807) is 0 Å². The van der Waals surface area contributed by atoms with Gasteiger partial charge in [-0.3, -0.25) is 4.90 Å². The summed E-state index contributed by atoms with van der Waals surface area (Å²) in [5.41, 5.74) is 5.04. The second kappa shape index (κ2) is 12.6. The molecule has 38 heavy (non-hydrogen) atoms. The van der Waals surface area contributed by atoms with Gasteiger partial charge in [0, 0.05) is 17.0 Å². The Kier molecular flexibility index (Phi) is 8.83. The number of halogens is 1. The molecule has 1 saturated heterocycles. The average Bonchev–Trinajstić information content (AvgIpc) is 3.44. The van der Waals surface area contributed by atoms with Crippen molar-refractivity contribution in [1.29, 1.82) is 0 Å². The summed E-state index contributed by atoms with van der Waals surface area (Å²) in [5.74, 6) is 0.875. The van der Waals surface area contributed by atoms with Crippen molar-refractivity contribution in [3.8, 4) is 16.9 Å². The number of unbranched alkanes of at least 4 members (excludes halogenated alkanes) is 2. The fraction of sp³-hybridized carbons (Fsp3) is 0.364. The van der Waals surface area contributed by atoms with Crippen LogP contribution in [0.1, 0.15) is 55.7 Å². The van der Waals surface area contributed by atoms with Gasteiger partial charge >= 0.3 is 5.63 Å². The van der Waals surface area contributed by atoms with E-state index < -0.39 is 0 Å². The van der Waals surface area contributed by atoms with E-state index in [0.29, 0.717) is 29.2 Å². The van der Waals surface area contributed by atoms with Crippen molar-refractivity contribution in [2.24, 2.45) is 0 Å². The molecule has 1 aliphatic rings. The largest absolute Gasteiger partial charge is 0.492 e. The Balaban J connectivity index is 1.43. The fourth-order valence-corrected chi connectivity index (χ4v) is 5.47. The lowest BCUT2D eigenvalue weighted by molar-refractivity contribution is 0.238. The minimum absolute atomic E-state index is 0.317. The Hall–Kier alpha value is -3.08. The molecule has 2 heterocycles. The third-order valence-electron chi connectivity index (χ3n) is 7.46. The van der Waals surface area contributed by atoms with Crippen LogP contribution in [0, 0.1) is 0 Å². The van der Waals surface area contributed by atoms with Crippen LogP contribution in [0.2, 0.25) is 5.02 Å². The first-order valence-electron chi connectivity index (χ1n) is 13.9. The molecular formula is C33H36ClNO3. The maximum absolute atomic E-state index is 13.4. The van der Waals surface area contributed by atoms with Gasteiger partial charge in [-0.2, -0.15) is 0 Å². The summed E-state index contributed by atoms with van der Waals surface area (Å²) in [6, 6.07) is 22.0. The second-order valence-electron chi connectivity index (χ2n) is 10.3. The summed E-state index contributed by atoms with van der Waals surface area (Å²) in [7, 11) is 0. The SMILES string of the molecule is CCCCCc1ccc2c(Cc3ccc(OCCN4CCCC4)cc3)c(-c3ccc(Cl)cc3)c(=O)oc2c1. The fourth-order valence-electron chi connectivity index (χ4n) is 5.34. The van der Waals surface area contributed by atoms with Gasteiger partial charge < -0.3 is 9.15 Å². The molecular weight excluding hydrogens is 494 g/mol. The molecule has 0 unspecified atom stereocenters. The number of ether oxygens (including phenoxy) is 1. The van der Waals surface area contributed by atoms with E-state index in [4.69, 9.17) is 20.8 Å². The van der Waals surface area contributed by atoms with Crippen LogP contribution in [0.5, 0.6) is 5.75 Å². The molecule has 1 aromatic heterocycles. The Bertz CT molecular complexity index is 1400. The molecule has 5 heteroatoms. The third kappa shape index (κ3) is 6.48. The number of hydrogen-bond acceptors (Lipinski definition) is 4. The summed E-state index contributed by atoms with van der Waals surface area (Å²) in [5, 5.41) is 1.61. The van der Waals surface area contributed by atoms with Crippen LogP contribution in [-0.4, -0.2) is 31.1 Å². The van der Waals surface area contributed by atoms with Gasteiger partial charge in [0.1, 0.15) is 17.9 Å². The molecule has 3 aromatic carbocycles. The predicted octanol–water partition coefficient (Wildman–Crippen LogP) is 7.91. The topological polar surface area (TPSA) is 42.7 Å². The minimum atomic E-state index is -0.317. The van der Waals surface area contributed by atoms with Gasteiger partial charge in [-0.15, -0.1) is 0 Å². The lowest BCUT2D eigenvalue weighted by Gasteiger charge is -2.15. The van der Waals surface area contributed by atoms with Crippen LogP contribution in [-0.2, 0) is 12.8 Å². The Labute approximate surface area is 230 Å². The molecule has 0 atom stereocenters. The molecule has 0 bridgehead atoms. The highest BCUT2D eigenvalue weighted by molar-refractivity contribution is 6.30. The third-order valence-corrected chi connectivity index (χ3v) is 7.71. The van der Waals surface area contributed by atoms with Gasteiger partial charge in [-0.25, -0.2) is 4.79 Å². The van der Waals surface area contributed by atoms with Gasteiger partial charge in [-0.1, -0.05) is 67.8 Å². The van der Waals surface area contributed by atoms with E-state index in [1.807, 2.05) is 42.5 Å². The van der Waals surface area contributed by atoms with E-state index in [2.05, 4.69) is 36.1 Å². The smallest absolute Gasteiger partial charge is 0.344 e. The van der Waals surface area contributed by atoms with E-state index in [-0.39, 0.29) is 5.63 Å². The number of hydrogen-bond donors (Lipinski definition) is 0. The Morgan fingerprint density at radius 1 is 0.921 bits per heavy atom. The van der Waals surface area contributed by atoms with Crippen LogP contribution >= 0.6 is 11.6 Å². The zero-order valence-corrected chi connectivity index (χ0v) is 22.9. The summed E-state index contributed by atoms with van der Waals surface area (Å²) < 4.78 is 11.9. The van der Waals surface area contributed by atoms with Crippen LogP contribution in [0.3, 0.4) is 0 Å². The summed E-state index contributed by atoms with van der Waals surface area (Å²) >= 11 is 6.14. The molecule has 4 aromatic rings. The quantitative estimate of drug-likeness (QED) is 0.146. The molecule has 0 N–H and O–H groups in total. The van der Waals surface area contributed by atoms with Crippen molar-refractivity contribution >= 4 is 22.6 Å². The van der Waals surface area contributed by atoms with E-state index in [0.717, 1.165) is 47.2 Å². The summed E-state index contributed by atoms with van der Waals surface area (Å²) in [4.78, 5) is 15.8. The molecule has 0 saturated carbocycles. The van der Waals surface area contributed by atoms with Gasteiger partial charge in [-0.05, 0) is 97.8 Å². The van der Waals surface area contributed by atoms with E-state index in [1.165, 1.54) is 44.3 Å². The number of nitrogens with zero attached hydrogens (tertiary/aromatic N) is 1. The Morgan fingerprint density at radius 3 is 2.39 bits per heavy atom. The highest BCUT2D eigenvalue weighted by Gasteiger charge is 2.18. The van der Waals surface area contributed by atoms with Crippen molar-refractivity contribution in [1.82, 2.24) is 4.90 Å². The molecule has 0 spiro atoms. The van der Waals surface area contributed by atoms with Gasteiger partial charge in [0.15, 0.2) is 0 Å². The van der Waals surface area contributed by atoms with Gasteiger partial charge in [0.25, 0.3) is 0 Å². The normalized spacial score (nSPS) is 13.8. The first kappa shape index (κ1) is 26.5. The number of likely N-dealkylation sites (tertiary alicyclic amines) is 1. The monoisotopic (exact) mass is 529 g/mol. The molecule has 1 fully saturated rings. The molecule has 4 nitrogen and oxygen atoms in total. The molecule has 0 amide bonds. The number of aryl methyl sites for hydroxylation is 1. The second-order valence-corrected chi connectivity index (χ2v) is 10.7. The van der Waals surface area contributed by atoms with Crippen LogP contribution in [0.15, 0.2) is 75.9 Å². The summed E-state index contributed by atoms with van der Waals surface area (Å²) in [6.45, 7) is 6.23. The van der Waals surface area contributed by atoms with Crippen LogP contribution in [0.25, 0.3) is 22.1 Å². The number of benzene rings is 3.